The lowest BCUT2D eigenvalue weighted by molar-refractivity contribution is 0.174. The Balaban J connectivity index is 1.47. The monoisotopic (exact) mass is 329 g/mol. The highest BCUT2D eigenvalue weighted by Crippen LogP contribution is 2.32. The molecule has 0 aliphatic carbocycles. The van der Waals surface area contributed by atoms with Crippen molar-refractivity contribution < 1.29 is 13.9 Å². The molecule has 0 radical (unpaired) electrons. The predicted octanol–water partition coefficient (Wildman–Crippen LogP) is 2.46. The molecule has 1 aliphatic rings. The number of halogens is 1. The number of ether oxygens (including phenoxy) is 2. The van der Waals surface area contributed by atoms with Crippen molar-refractivity contribution in [3.63, 3.8) is 0 Å². The van der Waals surface area contributed by atoms with Gasteiger partial charge >= 0.3 is 0 Å². The number of benzene rings is 2. The fraction of sp³-hybridized carbons (Fsp3) is 0.278. The number of nitrogens with zero attached hydrogens (tertiary/aromatic N) is 1. The topological polar surface area (TPSA) is 54.9 Å². The molecule has 0 saturated carbocycles. The maximum atomic E-state index is 13.1. The first kappa shape index (κ1) is 16.1. The van der Waals surface area contributed by atoms with Gasteiger partial charge in [-0.3, -0.25) is 4.99 Å². The maximum absolute atomic E-state index is 13.1. The molecule has 1 aliphatic heterocycles. The summed E-state index contributed by atoms with van der Waals surface area (Å²) in [7, 11) is 1.72. The zero-order chi connectivity index (χ0) is 16.8. The van der Waals surface area contributed by atoms with Crippen molar-refractivity contribution in [2.24, 2.45) is 4.99 Å². The quantitative estimate of drug-likeness (QED) is 0.654. The van der Waals surface area contributed by atoms with Gasteiger partial charge in [0.15, 0.2) is 17.5 Å². The molecule has 0 atom stereocenters. The van der Waals surface area contributed by atoms with Gasteiger partial charge in [0.05, 0.1) is 0 Å². The van der Waals surface area contributed by atoms with E-state index in [9.17, 15) is 4.39 Å². The lowest BCUT2D eigenvalue weighted by Crippen LogP contribution is -2.37. The Bertz CT molecular complexity index is 734. The molecule has 0 bridgehead atoms. The number of fused-ring (bicyclic) bond motifs is 1. The third kappa shape index (κ3) is 4.16. The van der Waals surface area contributed by atoms with E-state index in [2.05, 4.69) is 15.6 Å². The first-order valence-electron chi connectivity index (χ1n) is 7.82. The fourth-order valence-electron chi connectivity index (χ4n) is 2.48. The molecule has 1 heterocycles. The van der Waals surface area contributed by atoms with E-state index >= 15 is 0 Å². The summed E-state index contributed by atoms with van der Waals surface area (Å²) in [6.45, 7) is 1.57. The largest absolute Gasteiger partial charge is 0.454 e. The number of rotatable bonds is 5. The van der Waals surface area contributed by atoms with Crippen LogP contribution >= 0.6 is 0 Å². The minimum atomic E-state index is -0.210. The molecular formula is C18H20FN3O2. The molecule has 24 heavy (non-hydrogen) atoms. The second kappa shape index (κ2) is 7.68. The number of hydrogen-bond acceptors (Lipinski definition) is 3. The van der Waals surface area contributed by atoms with E-state index in [0.717, 1.165) is 29.0 Å². The van der Waals surface area contributed by atoms with E-state index in [4.69, 9.17) is 9.47 Å². The summed E-state index contributed by atoms with van der Waals surface area (Å²) in [5, 5.41) is 6.46. The van der Waals surface area contributed by atoms with E-state index in [1.54, 1.807) is 19.2 Å². The molecule has 0 aromatic heterocycles. The summed E-state index contributed by atoms with van der Waals surface area (Å²) in [5.74, 6) is 2.03. The van der Waals surface area contributed by atoms with Crippen molar-refractivity contribution in [3.05, 3.63) is 59.4 Å². The Labute approximate surface area is 140 Å². The van der Waals surface area contributed by atoms with Crippen molar-refractivity contribution in [1.29, 1.82) is 0 Å². The van der Waals surface area contributed by atoms with Gasteiger partial charge in [0.25, 0.3) is 0 Å². The van der Waals surface area contributed by atoms with E-state index in [0.29, 0.717) is 19.0 Å². The summed E-state index contributed by atoms with van der Waals surface area (Å²) in [4.78, 5) is 4.19. The molecule has 0 amide bonds. The average Bonchev–Trinajstić information content (AvgIpc) is 3.05. The van der Waals surface area contributed by atoms with E-state index in [-0.39, 0.29) is 12.6 Å². The first-order valence-corrected chi connectivity index (χ1v) is 7.82. The van der Waals surface area contributed by atoms with Crippen molar-refractivity contribution in [3.8, 4) is 11.5 Å². The Kier molecular flexibility index (Phi) is 5.15. The van der Waals surface area contributed by atoms with Crippen molar-refractivity contribution in [1.82, 2.24) is 10.6 Å². The van der Waals surface area contributed by atoms with Gasteiger partial charge in [0.2, 0.25) is 6.79 Å². The molecule has 2 aromatic rings. The average molecular weight is 329 g/mol. The Hall–Kier alpha value is -2.76. The molecule has 5 nitrogen and oxygen atoms in total. The van der Waals surface area contributed by atoms with Gasteiger partial charge in [-0.05, 0) is 41.8 Å². The van der Waals surface area contributed by atoms with Crippen LogP contribution in [-0.4, -0.2) is 26.3 Å². The van der Waals surface area contributed by atoms with Crippen LogP contribution in [-0.2, 0) is 13.0 Å². The molecule has 3 rings (SSSR count). The summed E-state index contributed by atoms with van der Waals surface area (Å²) in [6, 6.07) is 12.5. The summed E-state index contributed by atoms with van der Waals surface area (Å²) < 4.78 is 23.8. The van der Waals surface area contributed by atoms with Gasteiger partial charge < -0.3 is 20.1 Å². The van der Waals surface area contributed by atoms with Gasteiger partial charge in [-0.1, -0.05) is 18.2 Å². The number of aliphatic imine (C=N–C) groups is 1. The highest BCUT2D eigenvalue weighted by atomic mass is 19.1. The molecule has 6 heteroatoms. The van der Waals surface area contributed by atoms with Crippen LogP contribution in [0.25, 0.3) is 0 Å². The minimum absolute atomic E-state index is 0.210. The normalized spacial score (nSPS) is 13.0. The van der Waals surface area contributed by atoms with Gasteiger partial charge in [0.1, 0.15) is 5.82 Å². The lowest BCUT2D eigenvalue weighted by atomic mass is 10.1. The van der Waals surface area contributed by atoms with Gasteiger partial charge in [-0.25, -0.2) is 4.39 Å². The Morgan fingerprint density at radius 3 is 2.79 bits per heavy atom. The predicted molar refractivity (Wildman–Crippen MR) is 90.9 cm³/mol. The number of hydrogen-bond donors (Lipinski definition) is 2. The van der Waals surface area contributed by atoms with E-state index in [1.807, 2.05) is 24.3 Å². The van der Waals surface area contributed by atoms with Crippen molar-refractivity contribution >= 4 is 5.96 Å². The molecule has 0 saturated heterocycles. The van der Waals surface area contributed by atoms with Crippen LogP contribution in [0.5, 0.6) is 11.5 Å². The highest BCUT2D eigenvalue weighted by molar-refractivity contribution is 5.79. The minimum Gasteiger partial charge on any atom is -0.454 e. The molecule has 0 unspecified atom stereocenters. The van der Waals surface area contributed by atoms with Crippen molar-refractivity contribution in [2.45, 2.75) is 13.0 Å². The molecule has 0 fully saturated rings. The molecule has 2 aromatic carbocycles. The number of guanidine groups is 1. The molecule has 126 valence electrons. The standard InChI is InChI=1S/C18H20FN3O2/c1-20-18(21-8-7-13-3-2-4-15(19)9-13)22-11-14-5-6-16-17(10-14)24-12-23-16/h2-6,9-10H,7-8,11-12H2,1H3,(H2,20,21,22). The Morgan fingerprint density at radius 2 is 1.96 bits per heavy atom. The zero-order valence-corrected chi connectivity index (χ0v) is 13.5. The van der Waals surface area contributed by atoms with Crippen LogP contribution < -0.4 is 20.1 Å². The lowest BCUT2D eigenvalue weighted by Gasteiger charge is -2.12. The maximum Gasteiger partial charge on any atom is 0.231 e. The highest BCUT2D eigenvalue weighted by Gasteiger charge is 2.13. The summed E-state index contributed by atoms with van der Waals surface area (Å²) in [5.41, 5.74) is 2.03. The van der Waals surface area contributed by atoms with Crippen LogP contribution in [0.1, 0.15) is 11.1 Å². The van der Waals surface area contributed by atoms with Crippen LogP contribution in [0.4, 0.5) is 4.39 Å². The summed E-state index contributed by atoms with van der Waals surface area (Å²) >= 11 is 0. The van der Waals surface area contributed by atoms with E-state index < -0.39 is 0 Å². The van der Waals surface area contributed by atoms with Crippen LogP contribution in [0.2, 0.25) is 0 Å². The number of nitrogens with one attached hydrogen (secondary N) is 2. The molecular weight excluding hydrogens is 309 g/mol. The Morgan fingerprint density at radius 1 is 1.08 bits per heavy atom. The van der Waals surface area contributed by atoms with Gasteiger partial charge in [-0.2, -0.15) is 0 Å². The SMILES string of the molecule is CN=C(NCCc1cccc(F)c1)NCc1ccc2c(c1)OCO2. The zero-order valence-electron chi connectivity index (χ0n) is 13.5. The second-order valence-corrected chi connectivity index (χ2v) is 5.42. The molecule has 2 N–H and O–H groups in total. The second-order valence-electron chi connectivity index (χ2n) is 5.42. The third-order valence-electron chi connectivity index (χ3n) is 3.72. The third-order valence-corrected chi connectivity index (χ3v) is 3.72. The molecule has 0 spiro atoms. The first-order chi connectivity index (χ1) is 11.7. The fourth-order valence-corrected chi connectivity index (χ4v) is 2.48. The van der Waals surface area contributed by atoms with Gasteiger partial charge in [-0.15, -0.1) is 0 Å². The smallest absolute Gasteiger partial charge is 0.231 e. The van der Waals surface area contributed by atoms with Crippen LogP contribution in [0.15, 0.2) is 47.5 Å². The van der Waals surface area contributed by atoms with Crippen LogP contribution in [0.3, 0.4) is 0 Å². The van der Waals surface area contributed by atoms with Crippen molar-refractivity contribution in [2.75, 3.05) is 20.4 Å². The summed E-state index contributed by atoms with van der Waals surface area (Å²) in [6.07, 6.45) is 0.725. The van der Waals surface area contributed by atoms with E-state index in [1.165, 1.54) is 6.07 Å². The van der Waals surface area contributed by atoms with Crippen LogP contribution in [0, 0.1) is 5.82 Å². The van der Waals surface area contributed by atoms with Gasteiger partial charge in [0, 0.05) is 20.1 Å².